The summed E-state index contributed by atoms with van der Waals surface area (Å²) in [6, 6.07) is 3.60. The Balaban J connectivity index is 1.29. The molecule has 2 aromatic rings. The number of rotatable bonds is 9. The van der Waals surface area contributed by atoms with Gasteiger partial charge in [-0.15, -0.1) is 0 Å². The maximum atomic E-state index is 15.6. The second-order valence-electron chi connectivity index (χ2n) is 10.4. The number of hydrogen-bond acceptors (Lipinski definition) is 6. The Labute approximate surface area is 223 Å². The Hall–Kier alpha value is -3.96. The molecule has 1 aromatic heterocycles. The molecule has 3 aliphatic rings. The molecule has 208 valence electrons. The highest BCUT2D eigenvalue weighted by Crippen LogP contribution is 2.39. The first-order valence-corrected chi connectivity index (χ1v) is 12.7. The monoisotopic (exact) mass is 546 g/mol. The van der Waals surface area contributed by atoms with Crippen LogP contribution in [0.2, 0.25) is 0 Å². The summed E-state index contributed by atoms with van der Waals surface area (Å²) in [5.41, 5.74) is -1.62. The second kappa shape index (κ2) is 10.3. The number of carbonyl (C=O) groups is 2. The van der Waals surface area contributed by atoms with Crippen LogP contribution in [0.4, 0.5) is 19.0 Å². The summed E-state index contributed by atoms with van der Waals surface area (Å²) < 4.78 is 61.7. The first kappa shape index (κ1) is 26.6. The fourth-order valence-corrected chi connectivity index (χ4v) is 4.98. The van der Waals surface area contributed by atoms with E-state index in [9.17, 15) is 18.4 Å². The van der Waals surface area contributed by atoms with E-state index in [2.05, 4.69) is 10.4 Å². The maximum absolute atomic E-state index is 15.6. The molecule has 1 N–H and O–H groups in total. The number of amides is 2. The van der Waals surface area contributed by atoms with Crippen molar-refractivity contribution < 1.29 is 37.0 Å². The molecular weight excluding hydrogens is 517 g/mol. The molecule has 2 amide bonds. The number of hydrogen-bond donors (Lipinski definition) is 1. The van der Waals surface area contributed by atoms with Gasteiger partial charge in [0, 0.05) is 38.6 Å². The molecule has 1 atom stereocenters. The number of carbonyl (C=O) groups excluding carboxylic acids is 2. The van der Waals surface area contributed by atoms with Crippen molar-refractivity contribution in [3.8, 4) is 5.75 Å². The quantitative estimate of drug-likeness (QED) is 0.495. The third-order valence-electron chi connectivity index (χ3n) is 6.84. The van der Waals surface area contributed by atoms with Gasteiger partial charge in [0.1, 0.15) is 30.3 Å². The van der Waals surface area contributed by atoms with Gasteiger partial charge in [-0.2, -0.15) is 5.10 Å². The van der Waals surface area contributed by atoms with Crippen molar-refractivity contribution in [2.45, 2.75) is 70.0 Å². The summed E-state index contributed by atoms with van der Waals surface area (Å²) in [6.45, 7) is 3.55. The second-order valence-corrected chi connectivity index (χ2v) is 10.4. The van der Waals surface area contributed by atoms with Crippen molar-refractivity contribution in [1.29, 1.82) is 0 Å². The highest BCUT2D eigenvalue weighted by atomic mass is 19.1. The average molecular weight is 547 g/mol. The third kappa shape index (κ3) is 6.04. The van der Waals surface area contributed by atoms with Crippen LogP contribution in [0.5, 0.6) is 5.75 Å². The van der Waals surface area contributed by atoms with Gasteiger partial charge in [0.2, 0.25) is 11.7 Å². The molecule has 9 nitrogen and oxygen atoms in total. The summed E-state index contributed by atoms with van der Waals surface area (Å²) in [5.74, 6) is -3.86. The van der Waals surface area contributed by atoms with Crippen LogP contribution in [-0.2, 0) is 25.6 Å². The van der Waals surface area contributed by atoms with Gasteiger partial charge in [0.15, 0.2) is 29.0 Å². The van der Waals surface area contributed by atoms with E-state index >= 15 is 4.39 Å². The van der Waals surface area contributed by atoms with Gasteiger partial charge in [-0.25, -0.2) is 13.2 Å². The number of aromatic nitrogens is 2. The molecule has 39 heavy (non-hydrogen) atoms. The molecule has 1 aromatic carbocycles. The topological polar surface area (TPSA) is 94.9 Å². The standard InChI is InChI=1S/C27H29F3N4O5/c1-26(2)37-16-18(39-26)14-33-11-8-22(32-33)31-25(36)21(13-27(30)9-3-4-10-27)34-15-17(12-23(34)35)38-24-19(28)6-5-7-20(24)29/h5-8,11-12,16,21H,3-4,9-10,13-15H2,1-2H3,(H,31,32,36)/t21-/m1/s1. The summed E-state index contributed by atoms with van der Waals surface area (Å²) in [6.07, 6.45) is 5.87. The maximum Gasteiger partial charge on any atom is 0.251 e. The van der Waals surface area contributed by atoms with Crippen LogP contribution in [0.3, 0.4) is 0 Å². The third-order valence-corrected chi connectivity index (χ3v) is 6.84. The van der Waals surface area contributed by atoms with Gasteiger partial charge in [0.25, 0.3) is 5.91 Å². The molecule has 0 radical (unpaired) electrons. The minimum atomic E-state index is -1.62. The lowest BCUT2D eigenvalue weighted by molar-refractivity contribution is -0.134. The summed E-state index contributed by atoms with van der Waals surface area (Å²) >= 11 is 0. The summed E-state index contributed by atoms with van der Waals surface area (Å²) in [4.78, 5) is 27.5. The highest BCUT2D eigenvalue weighted by Gasteiger charge is 2.43. The number of allylic oxidation sites excluding steroid dienone is 1. The molecule has 3 heterocycles. The number of halogens is 3. The van der Waals surface area contributed by atoms with Crippen molar-refractivity contribution in [2.24, 2.45) is 0 Å². The van der Waals surface area contributed by atoms with Gasteiger partial charge in [0.05, 0.1) is 6.54 Å². The molecule has 0 saturated heterocycles. The number of benzene rings is 1. The van der Waals surface area contributed by atoms with Crippen LogP contribution in [0.1, 0.15) is 46.0 Å². The summed E-state index contributed by atoms with van der Waals surface area (Å²) in [7, 11) is 0. The lowest BCUT2D eigenvalue weighted by Crippen LogP contribution is -2.48. The number of alkyl halides is 1. The fraction of sp³-hybridized carbons (Fsp3) is 0.444. The number of anilines is 1. The van der Waals surface area contributed by atoms with Crippen molar-refractivity contribution in [2.75, 3.05) is 11.9 Å². The number of ether oxygens (including phenoxy) is 3. The molecule has 1 fully saturated rings. The first-order chi connectivity index (χ1) is 18.5. The van der Waals surface area contributed by atoms with Crippen LogP contribution in [0, 0.1) is 11.6 Å². The van der Waals surface area contributed by atoms with Crippen molar-refractivity contribution in [3.63, 3.8) is 0 Å². The zero-order chi connectivity index (χ0) is 27.8. The predicted molar refractivity (Wildman–Crippen MR) is 133 cm³/mol. The highest BCUT2D eigenvalue weighted by molar-refractivity contribution is 6.00. The van der Waals surface area contributed by atoms with Gasteiger partial charge >= 0.3 is 0 Å². The average Bonchev–Trinajstić information content (AvgIpc) is 3.64. The van der Waals surface area contributed by atoms with Gasteiger partial charge in [-0.05, 0) is 25.0 Å². The number of para-hydroxylation sites is 1. The molecule has 0 unspecified atom stereocenters. The van der Waals surface area contributed by atoms with Gasteiger partial charge < -0.3 is 24.4 Å². The first-order valence-electron chi connectivity index (χ1n) is 12.7. The lowest BCUT2D eigenvalue weighted by Gasteiger charge is -2.31. The minimum absolute atomic E-state index is 0.0552. The van der Waals surface area contributed by atoms with Crippen molar-refractivity contribution >= 4 is 17.6 Å². The molecule has 12 heteroatoms. The van der Waals surface area contributed by atoms with E-state index in [4.69, 9.17) is 14.2 Å². The van der Waals surface area contributed by atoms with E-state index < -0.39 is 46.7 Å². The van der Waals surface area contributed by atoms with E-state index in [1.54, 1.807) is 26.1 Å². The molecule has 0 spiro atoms. The largest absolute Gasteiger partial charge is 0.457 e. The van der Waals surface area contributed by atoms with E-state index in [1.807, 2.05) is 0 Å². The Morgan fingerprint density at radius 3 is 2.59 bits per heavy atom. The van der Waals surface area contributed by atoms with E-state index in [0.29, 0.717) is 18.6 Å². The van der Waals surface area contributed by atoms with Gasteiger partial charge in [-0.3, -0.25) is 14.3 Å². The summed E-state index contributed by atoms with van der Waals surface area (Å²) in [5, 5.41) is 6.99. The van der Waals surface area contributed by atoms with Crippen molar-refractivity contribution in [3.05, 3.63) is 66.0 Å². The predicted octanol–water partition coefficient (Wildman–Crippen LogP) is 4.57. The zero-order valence-electron chi connectivity index (χ0n) is 21.6. The molecule has 1 saturated carbocycles. The van der Waals surface area contributed by atoms with E-state index in [1.165, 1.54) is 17.0 Å². The Kier molecular flexibility index (Phi) is 7.04. The Morgan fingerprint density at radius 2 is 1.92 bits per heavy atom. The molecule has 0 bridgehead atoms. The van der Waals surface area contributed by atoms with E-state index in [0.717, 1.165) is 23.1 Å². The molecule has 5 rings (SSSR count). The Bertz CT molecular complexity index is 1310. The van der Waals surface area contributed by atoms with Crippen LogP contribution < -0.4 is 10.1 Å². The fourth-order valence-electron chi connectivity index (χ4n) is 4.98. The Morgan fingerprint density at radius 1 is 1.21 bits per heavy atom. The minimum Gasteiger partial charge on any atom is -0.457 e. The van der Waals surface area contributed by atoms with Crippen LogP contribution in [0.25, 0.3) is 0 Å². The SMILES string of the molecule is CC1(C)OC=C(Cn2ccc(NC(=O)[C@@H](CC3(F)CCCC3)N3CC(Oc4c(F)cccc4F)=CC3=O)n2)O1. The lowest BCUT2D eigenvalue weighted by atomic mass is 9.93. The van der Waals surface area contributed by atoms with Crippen molar-refractivity contribution in [1.82, 2.24) is 14.7 Å². The van der Waals surface area contributed by atoms with Crippen LogP contribution >= 0.6 is 0 Å². The normalized spacial score (nSPS) is 20.2. The van der Waals surface area contributed by atoms with Crippen LogP contribution in [0.15, 0.2) is 54.3 Å². The molecular formula is C27H29F3N4O5. The van der Waals surface area contributed by atoms with Crippen LogP contribution in [-0.4, -0.2) is 50.5 Å². The van der Waals surface area contributed by atoms with E-state index in [-0.39, 0.29) is 43.9 Å². The van der Waals surface area contributed by atoms with Gasteiger partial charge in [-0.1, -0.05) is 18.9 Å². The number of nitrogens with zero attached hydrogens (tertiary/aromatic N) is 3. The molecule has 1 aliphatic carbocycles. The smallest absolute Gasteiger partial charge is 0.251 e. The number of nitrogens with one attached hydrogen (secondary N) is 1. The zero-order valence-corrected chi connectivity index (χ0v) is 21.6. The molecule has 2 aliphatic heterocycles.